The van der Waals surface area contributed by atoms with E-state index in [2.05, 4.69) is 35.2 Å². The van der Waals surface area contributed by atoms with E-state index in [0.717, 1.165) is 25.5 Å². The summed E-state index contributed by atoms with van der Waals surface area (Å²) >= 11 is 0. The number of likely N-dealkylation sites (tertiary alicyclic amines) is 1. The Hall–Kier alpha value is -1.16. The van der Waals surface area contributed by atoms with E-state index in [0.29, 0.717) is 6.10 Å². The third-order valence-corrected chi connectivity index (χ3v) is 6.28. The van der Waals surface area contributed by atoms with Crippen LogP contribution in [0.1, 0.15) is 62.2 Å². The van der Waals surface area contributed by atoms with Crippen LogP contribution in [0.5, 0.6) is 0 Å². The fourth-order valence-electron chi connectivity index (χ4n) is 4.33. The minimum atomic E-state index is 0.186. The van der Waals surface area contributed by atoms with Crippen LogP contribution in [0, 0.1) is 0 Å². The van der Waals surface area contributed by atoms with Gasteiger partial charge in [0.25, 0.3) is 0 Å². The lowest BCUT2D eigenvalue weighted by Gasteiger charge is -2.40. The van der Waals surface area contributed by atoms with Gasteiger partial charge >= 0.3 is 0 Å². The van der Waals surface area contributed by atoms with E-state index in [1.807, 2.05) is 0 Å². The quantitative estimate of drug-likeness (QED) is 0.800. The topological polar surface area (TPSA) is 21.7 Å². The molecule has 0 radical (unpaired) electrons. The zero-order valence-electron chi connectivity index (χ0n) is 15.5. The minimum absolute atomic E-state index is 0.186. The summed E-state index contributed by atoms with van der Waals surface area (Å²) in [6, 6.07) is 9.87. The van der Waals surface area contributed by atoms with Crippen LogP contribution in [0.15, 0.2) is 29.8 Å². The Labute approximate surface area is 152 Å². The Bertz CT molecular complexity index is 581. The molecule has 1 saturated carbocycles. The monoisotopic (exact) mass is 341 g/mol. The molecule has 0 aromatic heterocycles. The highest BCUT2D eigenvalue weighted by atomic mass is 16.5. The molecule has 2 unspecified atom stereocenters. The molecular weight excluding hydrogens is 310 g/mol. The highest BCUT2D eigenvalue weighted by molar-refractivity contribution is 5.53. The molecule has 1 aliphatic carbocycles. The third kappa shape index (κ3) is 4.16. The molecule has 2 saturated heterocycles. The average Bonchev–Trinajstić information content (AvgIpc) is 2.63. The van der Waals surface area contributed by atoms with Gasteiger partial charge in [0.15, 0.2) is 0 Å². The predicted molar refractivity (Wildman–Crippen MR) is 102 cm³/mol. The van der Waals surface area contributed by atoms with Gasteiger partial charge in [0.2, 0.25) is 0 Å². The summed E-state index contributed by atoms with van der Waals surface area (Å²) in [6.07, 6.45) is 11.7. The van der Waals surface area contributed by atoms with E-state index in [9.17, 15) is 0 Å². The van der Waals surface area contributed by atoms with Gasteiger partial charge in [-0.2, -0.15) is 0 Å². The Morgan fingerprint density at radius 3 is 2.48 bits per heavy atom. The Balaban J connectivity index is 1.34. The Morgan fingerprint density at radius 1 is 1.08 bits per heavy atom. The Kier molecular flexibility index (Phi) is 5.54. The molecule has 4 rings (SSSR count). The normalized spacial score (nSPS) is 28.6. The van der Waals surface area contributed by atoms with Crippen molar-refractivity contribution in [2.45, 2.75) is 63.2 Å². The first-order valence-corrected chi connectivity index (χ1v) is 9.99. The number of nitrogens with zero attached hydrogens (tertiary/aromatic N) is 1. The summed E-state index contributed by atoms with van der Waals surface area (Å²) < 4.78 is 11.4. The van der Waals surface area contributed by atoms with Crippen LogP contribution in [-0.2, 0) is 9.47 Å². The second kappa shape index (κ2) is 8.03. The third-order valence-electron chi connectivity index (χ3n) is 6.28. The molecule has 1 aromatic rings. The molecule has 2 atom stereocenters. The maximum atomic E-state index is 5.94. The lowest BCUT2D eigenvalue weighted by Crippen LogP contribution is -2.43. The molecule has 0 bridgehead atoms. The molecule has 0 amide bonds. The largest absolute Gasteiger partial charge is 0.381 e. The van der Waals surface area contributed by atoms with Crippen LogP contribution < -0.4 is 0 Å². The standard InChI is InChI=1S/C22H31NO2/c1-24-21-11-14-25-22(16-21)19-7-5-17(6-8-19)15-18-9-12-23(13-10-18)20-3-2-4-20/h5-8,15,20-22H,2-4,9-14,16H2,1H3. The van der Waals surface area contributed by atoms with Gasteiger partial charge in [0, 0.05) is 39.3 Å². The first kappa shape index (κ1) is 17.3. The van der Waals surface area contributed by atoms with Gasteiger partial charge in [-0.25, -0.2) is 0 Å². The van der Waals surface area contributed by atoms with Gasteiger partial charge in [0.05, 0.1) is 12.2 Å². The second-order valence-electron chi connectivity index (χ2n) is 7.83. The number of piperidine rings is 1. The van der Waals surface area contributed by atoms with Gasteiger partial charge in [-0.15, -0.1) is 0 Å². The maximum absolute atomic E-state index is 5.94. The van der Waals surface area contributed by atoms with E-state index in [1.54, 1.807) is 12.7 Å². The summed E-state index contributed by atoms with van der Waals surface area (Å²) in [6.45, 7) is 3.30. The van der Waals surface area contributed by atoms with E-state index < -0.39 is 0 Å². The fourth-order valence-corrected chi connectivity index (χ4v) is 4.33. The number of ether oxygens (including phenoxy) is 2. The highest BCUT2D eigenvalue weighted by Gasteiger charge is 2.27. The minimum Gasteiger partial charge on any atom is -0.381 e. The van der Waals surface area contributed by atoms with Gasteiger partial charge in [-0.1, -0.05) is 42.3 Å². The zero-order valence-corrected chi connectivity index (χ0v) is 15.5. The molecule has 2 heterocycles. The van der Waals surface area contributed by atoms with E-state index in [4.69, 9.17) is 9.47 Å². The number of hydrogen-bond acceptors (Lipinski definition) is 3. The molecular formula is C22H31NO2. The van der Waals surface area contributed by atoms with Gasteiger partial charge in [-0.05, 0) is 43.2 Å². The molecule has 0 spiro atoms. The van der Waals surface area contributed by atoms with Crippen molar-refractivity contribution in [2.75, 3.05) is 26.8 Å². The summed E-state index contributed by atoms with van der Waals surface area (Å²) in [5.41, 5.74) is 4.22. The van der Waals surface area contributed by atoms with Crippen molar-refractivity contribution in [1.29, 1.82) is 0 Å². The van der Waals surface area contributed by atoms with Crippen LogP contribution in [0.25, 0.3) is 6.08 Å². The van der Waals surface area contributed by atoms with Crippen LogP contribution in [0.4, 0.5) is 0 Å². The van der Waals surface area contributed by atoms with Crippen molar-refractivity contribution in [1.82, 2.24) is 4.90 Å². The first-order chi connectivity index (χ1) is 12.3. The van der Waals surface area contributed by atoms with Crippen LogP contribution in [0.3, 0.4) is 0 Å². The average molecular weight is 341 g/mol. The van der Waals surface area contributed by atoms with Crippen LogP contribution in [-0.4, -0.2) is 43.9 Å². The molecule has 0 N–H and O–H groups in total. The number of hydrogen-bond donors (Lipinski definition) is 0. The molecule has 25 heavy (non-hydrogen) atoms. The summed E-state index contributed by atoms with van der Waals surface area (Å²) in [5.74, 6) is 0. The summed E-state index contributed by atoms with van der Waals surface area (Å²) in [5, 5.41) is 0. The number of methoxy groups -OCH3 is 1. The second-order valence-corrected chi connectivity index (χ2v) is 7.83. The number of rotatable bonds is 4. The first-order valence-electron chi connectivity index (χ1n) is 9.99. The van der Waals surface area contributed by atoms with E-state index in [1.165, 1.54) is 56.3 Å². The molecule has 136 valence electrons. The van der Waals surface area contributed by atoms with Crippen molar-refractivity contribution in [3.63, 3.8) is 0 Å². The molecule has 2 aliphatic heterocycles. The predicted octanol–water partition coefficient (Wildman–Crippen LogP) is 4.58. The smallest absolute Gasteiger partial charge is 0.0849 e. The SMILES string of the molecule is COC1CCOC(c2ccc(C=C3CCN(C4CCC4)CC3)cc2)C1. The lowest BCUT2D eigenvalue weighted by atomic mass is 9.89. The molecule has 1 aromatic carbocycles. The highest BCUT2D eigenvalue weighted by Crippen LogP contribution is 2.31. The molecule has 3 fully saturated rings. The van der Waals surface area contributed by atoms with Crippen LogP contribution >= 0.6 is 0 Å². The van der Waals surface area contributed by atoms with Crippen molar-refractivity contribution in [2.24, 2.45) is 0 Å². The van der Waals surface area contributed by atoms with E-state index >= 15 is 0 Å². The van der Waals surface area contributed by atoms with Gasteiger partial charge in [0.1, 0.15) is 0 Å². The van der Waals surface area contributed by atoms with Gasteiger partial charge < -0.3 is 9.47 Å². The fraction of sp³-hybridized carbons (Fsp3) is 0.636. The molecule has 3 heteroatoms. The van der Waals surface area contributed by atoms with E-state index in [-0.39, 0.29) is 6.10 Å². The number of benzene rings is 1. The van der Waals surface area contributed by atoms with Crippen molar-refractivity contribution in [3.8, 4) is 0 Å². The zero-order chi connectivity index (χ0) is 17.1. The van der Waals surface area contributed by atoms with Crippen molar-refractivity contribution < 1.29 is 9.47 Å². The van der Waals surface area contributed by atoms with Gasteiger partial charge in [-0.3, -0.25) is 4.90 Å². The summed E-state index contributed by atoms with van der Waals surface area (Å²) in [4.78, 5) is 2.70. The Morgan fingerprint density at radius 2 is 1.84 bits per heavy atom. The maximum Gasteiger partial charge on any atom is 0.0849 e. The van der Waals surface area contributed by atoms with Crippen LogP contribution in [0.2, 0.25) is 0 Å². The summed E-state index contributed by atoms with van der Waals surface area (Å²) in [7, 11) is 1.80. The molecule has 3 nitrogen and oxygen atoms in total. The van der Waals surface area contributed by atoms with Crippen molar-refractivity contribution in [3.05, 3.63) is 41.0 Å². The lowest BCUT2D eigenvalue weighted by molar-refractivity contribution is -0.0598. The molecule has 3 aliphatic rings. The van der Waals surface area contributed by atoms with Crippen molar-refractivity contribution >= 4 is 6.08 Å².